The summed E-state index contributed by atoms with van der Waals surface area (Å²) in [6.45, 7) is 1.43. The van der Waals surface area contributed by atoms with Gasteiger partial charge in [0, 0.05) is 44.6 Å². The molecule has 3 aromatic heterocycles. The van der Waals surface area contributed by atoms with Gasteiger partial charge in [0.25, 0.3) is 5.56 Å². The molecule has 0 radical (unpaired) electrons. The maximum atomic E-state index is 12.1. The summed E-state index contributed by atoms with van der Waals surface area (Å²) >= 11 is 0. The van der Waals surface area contributed by atoms with Crippen molar-refractivity contribution in [2.75, 3.05) is 18.5 Å². The molecule has 124 valence electrons. The Bertz CT molecular complexity index is 916. The van der Waals surface area contributed by atoms with E-state index >= 15 is 0 Å². The Balaban J connectivity index is 1.52. The standard InChI is InChI=1S/C17H19N5O2/c1-21-13(5-7-19-21)17-12(6-9-24-17)11-18-14-10-16(23)22-8-3-2-4-15(22)20-14/h2-5,7-8,10,12,17-18H,6,9,11H2,1H3/t12-,17+/m0/s1. The van der Waals surface area contributed by atoms with Crippen LogP contribution < -0.4 is 10.9 Å². The van der Waals surface area contributed by atoms with Gasteiger partial charge in [-0.3, -0.25) is 13.9 Å². The molecule has 0 saturated carbocycles. The van der Waals surface area contributed by atoms with E-state index in [0.29, 0.717) is 23.9 Å². The summed E-state index contributed by atoms with van der Waals surface area (Å²) < 4.78 is 9.27. The maximum absolute atomic E-state index is 12.1. The zero-order valence-electron chi connectivity index (χ0n) is 13.4. The third-order valence-electron chi connectivity index (χ3n) is 4.48. The molecule has 1 fully saturated rings. The summed E-state index contributed by atoms with van der Waals surface area (Å²) in [7, 11) is 1.92. The molecule has 1 aliphatic heterocycles. The highest BCUT2D eigenvalue weighted by molar-refractivity contribution is 5.46. The minimum atomic E-state index is -0.0889. The summed E-state index contributed by atoms with van der Waals surface area (Å²) in [5.74, 6) is 0.915. The highest BCUT2D eigenvalue weighted by Crippen LogP contribution is 2.34. The normalized spacial score (nSPS) is 20.5. The van der Waals surface area contributed by atoms with Crippen molar-refractivity contribution >= 4 is 11.5 Å². The third kappa shape index (κ3) is 2.67. The van der Waals surface area contributed by atoms with Crippen LogP contribution in [0.5, 0.6) is 0 Å². The van der Waals surface area contributed by atoms with Gasteiger partial charge in [0.05, 0.1) is 5.69 Å². The summed E-state index contributed by atoms with van der Waals surface area (Å²) in [6, 6.07) is 9.03. The van der Waals surface area contributed by atoms with Crippen molar-refractivity contribution in [3.8, 4) is 0 Å². The van der Waals surface area contributed by atoms with Crippen LogP contribution in [0.4, 0.5) is 5.82 Å². The molecule has 1 N–H and O–H groups in total. The van der Waals surface area contributed by atoms with E-state index in [2.05, 4.69) is 15.4 Å². The van der Waals surface area contributed by atoms with E-state index in [1.165, 1.54) is 10.5 Å². The van der Waals surface area contributed by atoms with Crippen molar-refractivity contribution in [1.29, 1.82) is 0 Å². The molecule has 4 rings (SSSR count). The van der Waals surface area contributed by atoms with Crippen molar-refractivity contribution < 1.29 is 4.74 Å². The van der Waals surface area contributed by atoms with Gasteiger partial charge in [-0.15, -0.1) is 0 Å². The molecular formula is C17H19N5O2. The van der Waals surface area contributed by atoms with Crippen LogP contribution in [0.25, 0.3) is 5.65 Å². The van der Waals surface area contributed by atoms with Crippen LogP contribution in [0.1, 0.15) is 18.2 Å². The summed E-state index contributed by atoms with van der Waals surface area (Å²) in [6.07, 6.45) is 4.49. The molecule has 0 aromatic carbocycles. The molecule has 0 unspecified atom stereocenters. The van der Waals surface area contributed by atoms with Crippen LogP contribution >= 0.6 is 0 Å². The van der Waals surface area contributed by atoms with E-state index in [1.54, 1.807) is 12.4 Å². The number of hydrogen-bond donors (Lipinski definition) is 1. The highest BCUT2D eigenvalue weighted by Gasteiger charge is 2.31. The molecular weight excluding hydrogens is 306 g/mol. The number of pyridine rings is 1. The SMILES string of the molecule is Cn1nccc1[C@@H]1OCC[C@H]1CNc1cc(=O)n2ccccc2n1. The molecule has 0 spiro atoms. The van der Waals surface area contributed by atoms with Crippen LogP contribution in [0.15, 0.2) is 47.5 Å². The zero-order chi connectivity index (χ0) is 16.5. The van der Waals surface area contributed by atoms with Crippen molar-refractivity contribution in [2.24, 2.45) is 13.0 Å². The van der Waals surface area contributed by atoms with E-state index in [-0.39, 0.29) is 11.7 Å². The number of anilines is 1. The maximum Gasteiger partial charge on any atom is 0.259 e. The van der Waals surface area contributed by atoms with E-state index in [4.69, 9.17) is 4.74 Å². The van der Waals surface area contributed by atoms with E-state index in [1.807, 2.05) is 36.0 Å². The van der Waals surface area contributed by atoms with E-state index in [9.17, 15) is 4.79 Å². The Morgan fingerprint density at radius 3 is 3.12 bits per heavy atom. The molecule has 0 amide bonds. The molecule has 1 aliphatic rings. The first-order valence-electron chi connectivity index (χ1n) is 8.04. The van der Waals surface area contributed by atoms with Gasteiger partial charge in [-0.25, -0.2) is 4.98 Å². The molecule has 1 saturated heterocycles. The molecule has 0 bridgehead atoms. The van der Waals surface area contributed by atoms with Gasteiger partial charge in [-0.2, -0.15) is 5.10 Å². The summed E-state index contributed by atoms with van der Waals surface area (Å²) in [4.78, 5) is 16.6. The second-order valence-electron chi connectivity index (χ2n) is 6.01. The molecule has 7 heteroatoms. The predicted molar refractivity (Wildman–Crippen MR) is 90.0 cm³/mol. The third-order valence-corrected chi connectivity index (χ3v) is 4.48. The monoisotopic (exact) mass is 325 g/mol. The second-order valence-corrected chi connectivity index (χ2v) is 6.01. The first kappa shape index (κ1) is 14.9. The van der Waals surface area contributed by atoms with Crippen LogP contribution in [0, 0.1) is 5.92 Å². The Labute approximate surface area is 138 Å². The fourth-order valence-corrected chi connectivity index (χ4v) is 3.21. The van der Waals surface area contributed by atoms with Crippen molar-refractivity contribution in [3.05, 3.63) is 58.8 Å². The van der Waals surface area contributed by atoms with Gasteiger partial charge in [0.1, 0.15) is 17.6 Å². The van der Waals surface area contributed by atoms with Gasteiger partial charge in [0.2, 0.25) is 0 Å². The van der Waals surface area contributed by atoms with E-state index in [0.717, 1.165) is 18.7 Å². The number of ether oxygens (including phenoxy) is 1. The number of hydrogen-bond acceptors (Lipinski definition) is 5. The van der Waals surface area contributed by atoms with Crippen LogP contribution in [-0.2, 0) is 11.8 Å². The van der Waals surface area contributed by atoms with Gasteiger partial charge in [-0.05, 0) is 24.6 Å². The van der Waals surface area contributed by atoms with Gasteiger partial charge in [-0.1, -0.05) is 6.07 Å². The van der Waals surface area contributed by atoms with Gasteiger partial charge >= 0.3 is 0 Å². The fourth-order valence-electron chi connectivity index (χ4n) is 3.21. The molecule has 7 nitrogen and oxygen atoms in total. The van der Waals surface area contributed by atoms with Gasteiger partial charge in [0.15, 0.2) is 0 Å². The molecule has 2 atom stereocenters. The highest BCUT2D eigenvalue weighted by atomic mass is 16.5. The average molecular weight is 325 g/mol. The lowest BCUT2D eigenvalue weighted by molar-refractivity contribution is 0.0866. The largest absolute Gasteiger partial charge is 0.372 e. The van der Waals surface area contributed by atoms with Gasteiger partial charge < -0.3 is 10.1 Å². The lowest BCUT2D eigenvalue weighted by atomic mass is 9.99. The van der Waals surface area contributed by atoms with Crippen LogP contribution in [0.3, 0.4) is 0 Å². The number of aryl methyl sites for hydroxylation is 1. The Hall–Kier alpha value is -2.67. The molecule has 0 aliphatic carbocycles. The summed E-state index contributed by atoms with van der Waals surface area (Å²) in [5.41, 5.74) is 1.62. The number of rotatable bonds is 4. The average Bonchev–Trinajstić information content (AvgIpc) is 3.21. The Morgan fingerprint density at radius 2 is 2.29 bits per heavy atom. The number of nitrogens with zero attached hydrogens (tertiary/aromatic N) is 4. The van der Waals surface area contributed by atoms with Crippen LogP contribution in [0.2, 0.25) is 0 Å². The van der Waals surface area contributed by atoms with E-state index < -0.39 is 0 Å². The summed E-state index contributed by atoms with van der Waals surface area (Å²) in [5, 5.41) is 7.52. The Kier molecular flexibility index (Phi) is 3.78. The second kappa shape index (κ2) is 6.09. The van der Waals surface area contributed by atoms with Crippen molar-refractivity contribution in [1.82, 2.24) is 19.2 Å². The predicted octanol–water partition coefficient (Wildman–Crippen LogP) is 1.62. The number of nitrogens with one attached hydrogen (secondary N) is 1. The first-order chi connectivity index (χ1) is 11.7. The number of fused-ring (bicyclic) bond motifs is 1. The van der Waals surface area contributed by atoms with Crippen molar-refractivity contribution in [3.63, 3.8) is 0 Å². The molecule has 3 aromatic rings. The lowest BCUT2D eigenvalue weighted by Crippen LogP contribution is -2.22. The van der Waals surface area contributed by atoms with Crippen LogP contribution in [-0.4, -0.2) is 32.3 Å². The minimum absolute atomic E-state index is 0.0200. The topological polar surface area (TPSA) is 73.5 Å². The smallest absolute Gasteiger partial charge is 0.259 e. The molecule has 4 heterocycles. The Morgan fingerprint density at radius 1 is 1.38 bits per heavy atom. The minimum Gasteiger partial charge on any atom is -0.372 e. The fraction of sp³-hybridized carbons (Fsp3) is 0.353. The lowest BCUT2D eigenvalue weighted by Gasteiger charge is -2.19. The first-order valence-corrected chi connectivity index (χ1v) is 8.04. The molecule has 24 heavy (non-hydrogen) atoms. The quantitative estimate of drug-likeness (QED) is 0.789. The zero-order valence-corrected chi connectivity index (χ0v) is 13.4. The number of aromatic nitrogens is 4. The van der Waals surface area contributed by atoms with Crippen molar-refractivity contribution in [2.45, 2.75) is 12.5 Å².